The Morgan fingerprint density at radius 2 is 1.42 bits per heavy atom. The van der Waals surface area contributed by atoms with Crippen LogP contribution in [0.4, 0.5) is 0 Å². The monoisotopic (exact) mass is 266 g/mol. The molecular formula is C17H34N2. The summed E-state index contributed by atoms with van der Waals surface area (Å²) in [5, 5.41) is 3.65. The number of hydrogen-bond donors (Lipinski definition) is 1. The third-order valence-electron chi connectivity index (χ3n) is 5.17. The van der Waals surface area contributed by atoms with E-state index >= 15 is 0 Å². The lowest BCUT2D eigenvalue weighted by molar-refractivity contribution is 0.0970. The molecule has 1 aliphatic carbocycles. The Hall–Kier alpha value is -0.0800. The Labute approximate surface area is 120 Å². The Morgan fingerprint density at radius 1 is 0.842 bits per heavy atom. The van der Waals surface area contributed by atoms with Crippen molar-refractivity contribution < 1.29 is 0 Å². The van der Waals surface area contributed by atoms with E-state index in [0.29, 0.717) is 5.41 Å². The molecule has 0 atom stereocenters. The van der Waals surface area contributed by atoms with Crippen molar-refractivity contribution in [2.24, 2.45) is 5.41 Å². The Morgan fingerprint density at radius 3 is 2.05 bits per heavy atom. The van der Waals surface area contributed by atoms with E-state index in [1.807, 2.05) is 0 Å². The lowest BCUT2D eigenvalue weighted by Gasteiger charge is -2.42. The normalized spacial score (nSPS) is 25.7. The van der Waals surface area contributed by atoms with Crippen LogP contribution in [0.1, 0.15) is 71.1 Å². The van der Waals surface area contributed by atoms with Crippen LogP contribution in [0.5, 0.6) is 0 Å². The molecule has 0 bridgehead atoms. The second kappa shape index (κ2) is 8.26. The van der Waals surface area contributed by atoms with Crippen LogP contribution in [-0.2, 0) is 0 Å². The van der Waals surface area contributed by atoms with Gasteiger partial charge in [0.1, 0.15) is 0 Å². The van der Waals surface area contributed by atoms with Gasteiger partial charge in [0.15, 0.2) is 0 Å². The first-order chi connectivity index (χ1) is 9.35. The molecule has 1 N–H and O–H groups in total. The van der Waals surface area contributed by atoms with Crippen LogP contribution in [0.25, 0.3) is 0 Å². The van der Waals surface area contributed by atoms with Gasteiger partial charge >= 0.3 is 0 Å². The van der Waals surface area contributed by atoms with Crippen LogP contribution >= 0.6 is 0 Å². The highest BCUT2D eigenvalue weighted by molar-refractivity contribution is 4.88. The predicted molar refractivity (Wildman–Crippen MR) is 83.6 cm³/mol. The molecule has 2 nitrogen and oxygen atoms in total. The standard InChI is InChI=1S/C17H34N2/c1-2-18-15-17(11-7-6-8-12-17)16-19-13-9-4-3-5-10-14-19/h18H,2-16H2,1H3. The van der Waals surface area contributed by atoms with Gasteiger partial charge in [-0.2, -0.15) is 0 Å². The highest BCUT2D eigenvalue weighted by Gasteiger charge is 2.33. The van der Waals surface area contributed by atoms with Crippen LogP contribution in [0.3, 0.4) is 0 Å². The van der Waals surface area contributed by atoms with E-state index in [9.17, 15) is 0 Å². The molecule has 2 aliphatic rings. The molecule has 2 heteroatoms. The molecule has 1 aliphatic heterocycles. The van der Waals surface area contributed by atoms with E-state index in [2.05, 4.69) is 17.1 Å². The van der Waals surface area contributed by atoms with Gasteiger partial charge < -0.3 is 10.2 Å². The van der Waals surface area contributed by atoms with E-state index < -0.39 is 0 Å². The van der Waals surface area contributed by atoms with E-state index in [1.54, 1.807) is 0 Å². The molecule has 0 aromatic carbocycles. The minimum atomic E-state index is 0.591. The Bertz CT molecular complexity index is 225. The summed E-state index contributed by atoms with van der Waals surface area (Å²) in [6.07, 6.45) is 14.5. The number of nitrogens with zero attached hydrogens (tertiary/aromatic N) is 1. The Kier molecular flexibility index (Phi) is 6.66. The van der Waals surface area contributed by atoms with Crippen molar-refractivity contribution in [3.63, 3.8) is 0 Å². The number of likely N-dealkylation sites (tertiary alicyclic amines) is 1. The van der Waals surface area contributed by atoms with Crippen molar-refractivity contribution in [1.82, 2.24) is 10.2 Å². The van der Waals surface area contributed by atoms with E-state index in [0.717, 1.165) is 6.54 Å². The minimum absolute atomic E-state index is 0.591. The van der Waals surface area contributed by atoms with Crippen molar-refractivity contribution >= 4 is 0 Å². The van der Waals surface area contributed by atoms with Gasteiger partial charge in [-0.15, -0.1) is 0 Å². The van der Waals surface area contributed by atoms with Crippen molar-refractivity contribution in [2.45, 2.75) is 71.1 Å². The first-order valence-corrected chi connectivity index (χ1v) is 8.78. The van der Waals surface area contributed by atoms with Crippen LogP contribution < -0.4 is 5.32 Å². The molecule has 0 amide bonds. The molecule has 2 fully saturated rings. The van der Waals surface area contributed by atoms with Gasteiger partial charge in [0, 0.05) is 13.1 Å². The van der Waals surface area contributed by atoms with E-state index in [1.165, 1.54) is 90.4 Å². The fourth-order valence-electron chi connectivity index (χ4n) is 4.03. The number of rotatable bonds is 5. The zero-order chi connectivity index (χ0) is 13.4. The summed E-state index contributed by atoms with van der Waals surface area (Å²) in [5.41, 5.74) is 0.591. The third kappa shape index (κ3) is 5.07. The van der Waals surface area contributed by atoms with Crippen molar-refractivity contribution in [3.8, 4) is 0 Å². The van der Waals surface area contributed by atoms with Gasteiger partial charge in [-0.3, -0.25) is 0 Å². The summed E-state index contributed by atoms with van der Waals surface area (Å²) in [4.78, 5) is 2.79. The summed E-state index contributed by atoms with van der Waals surface area (Å²) in [5.74, 6) is 0. The summed E-state index contributed by atoms with van der Waals surface area (Å²) in [6.45, 7) is 8.69. The van der Waals surface area contributed by atoms with Gasteiger partial charge in [0.2, 0.25) is 0 Å². The number of nitrogens with one attached hydrogen (secondary N) is 1. The average molecular weight is 266 g/mol. The fraction of sp³-hybridized carbons (Fsp3) is 1.00. The van der Waals surface area contributed by atoms with Crippen LogP contribution in [0, 0.1) is 5.41 Å². The van der Waals surface area contributed by atoms with E-state index in [4.69, 9.17) is 0 Å². The molecule has 0 aromatic rings. The van der Waals surface area contributed by atoms with Crippen LogP contribution in [0.15, 0.2) is 0 Å². The molecular weight excluding hydrogens is 232 g/mol. The van der Waals surface area contributed by atoms with Gasteiger partial charge in [0.25, 0.3) is 0 Å². The van der Waals surface area contributed by atoms with Crippen LogP contribution in [0.2, 0.25) is 0 Å². The first-order valence-electron chi connectivity index (χ1n) is 8.78. The third-order valence-corrected chi connectivity index (χ3v) is 5.17. The first kappa shape index (κ1) is 15.3. The Balaban J connectivity index is 1.89. The summed E-state index contributed by atoms with van der Waals surface area (Å²) < 4.78 is 0. The van der Waals surface area contributed by atoms with Crippen molar-refractivity contribution in [1.29, 1.82) is 0 Å². The van der Waals surface area contributed by atoms with Gasteiger partial charge in [-0.1, -0.05) is 45.4 Å². The molecule has 0 radical (unpaired) electrons. The molecule has 1 saturated heterocycles. The van der Waals surface area contributed by atoms with Gasteiger partial charge in [-0.05, 0) is 50.7 Å². The molecule has 2 rings (SSSR count). The smallest absolute Gasteiger partial charge is 0.00501 e. The summed E-state index contributed by atoms with van der Waals surface area (Å²) in [7, 11) is 0. The molecule has 0 unspecified atom stereocenters. The quantitative estimate of drug-likeness (QED) is 0.814. The van der Waals surface area contributed by atoms with Crippen molar-refractivity contribution in [3.05, 3.63) is 0 Å². The molecule has 19 heavy (non-hydrogen) atoms. The molecule has 1 heterocycles. The highest BCUT2D eigenvalue weighted by atomic mass is 15.1. The molecule has 0 spiro atoms. The van der Waals surface area contributed by atoms with Gasteiger partial charge in [-0.25, -0.2) is 0 Å². The van der Waals surface area contributed by atoms with E-state index in [-0.39, 0.29) is 0 Å². The zero-order valence-corrected chi connectivity index (χ0v) is 13.1. The van der Waals surface area contributed by atoms with Crippen LogP contribution in [-0.4, -0.2) is 37.6 Å². The molecule has 112 valence electrons. The maximum absolute atomic E-state index is 3.65. The largest absolute Gasteiger partial charge is 0.316 e. The summed E-state index contributed by atoms with van der Waals surface area (Å²) in [6, 6.07) is 0. The average Bonchev–Trinajstić information content (AvgIpc) is 2.41. The minimum Gasteiger partial charge on any atom is -0.316 e. The predicted octanol–water partition coefficient (Wildman–Crippen LogP) is 3.81. The SMILES string of the molecule is CCNCC1(CN2CCCCCCC2)CCCCC1. The maximum atomic E-state index is 3.65. The number of hydrogen-bond acceptors (Lipinski definition) is 2. The second-order valence-electron chi connectivity index (χ2n) is 6.88. The molecule has 1 saturated carbocycles. The second-order valence-corrected chi connectivity index (χ2v) is 6.88. The topological polar surface area (TPSA) is 15.3 Å². The highest BCUT2D eigenvalue weighted by Crippen LogP contribution is 2.37. The fourth-order valence-corrected chi connectivity index (χ4v) is 4.03. The van der Waals surface area contributed by atoms with Gasteiger partial charge in [0.05, 0.1) is 0 Å². The lowest BCUT2D eigenvalue weighted by atomic mass is 9.73. The van der Waals surface area contributed by atoms with Crippen molar-refractivity contribution in [2.75, 3.05) is 32.7 Å². The zero-order valence-electron chi connectivity index (χ0n) is 13.1. The molecule has 0 aromatic heterocycles. The summed E-state index contributed by atoms with van der Waals surface area (Å²) >= 11 is 0. The maximum Gasteiger partial charge on any atom is 0.00501 e. The lowest BCUT2D eigenvalue weighted by Crippen LogP contribution is -2.46.